The van der Waals surface area contributed by atoms with Crippen LogP contribution in [0.5, 0.6) is 0 Å². The number of aromatic nitrogens is 6. The van der Waals surface area contributed by atoms with Gasteiger partial charge in [-0.1, -0.05) is 6.07 Å². The first-order valence-corrected chi connectivity index (χ1v) is 7.96. The van der Waals surface area contributed by atoms with E-state index in [1.165, 1.54) is 11.0 Å². The topological polar surface area (TPSA) is 92.9 Å². The number of carbonyl (C=O) groups is 1. The minimum atomic E-state index is 0.00329. The highest BCUT2D eigenvalue weighted by Gasteiger charge is 2.23. The number of rotatable bonds is 3. The van der Waals surface area contributed by atoms with Crippen LogP contribution in [0.4, 0.5) is 5.95 Å². The Morgan fingerprint density at radius 2 is 1.80 bits per heavy atom. The van der Waals surface area contributed by atoms with Crippen LogP contribution >= 0.6 is 0 Å². The van der Waals surface area contributed by atoms with Crippen LogP contribution in [0, 0.1) is 0 Å². The highest BCUT2D eigenvalue weighted by atomic mass is 16.2. The molecule has 1 aliphatic heterocycles. The lowest BCUT2D eigenvalue weighted by Crippen LogP contribution is -2.49. The summed E-state index contributed by atoms with van der Waals surface area (Å²) in [6, 6.07) is 9.09. The Balaban J connectivity index is 1.45. The molecule has 9 nitrogen and oxygen atoms in total. The van der Waals surface area contributed by atoms with Crippen LogP contribution < -0.4 is 4.90 Å². The third-order valence-corrected chi connectivity index (χ3v) is 4.11. The van der Waals surface area contributed by atoms with Crippen LogP contribution in [0.2, 0.25) is 0 Å². The van der Waals surface area contributed by atoms with E-state index in [4.69, 9.17) is 0 Å². The van der Waals surface area contributed by atoms with Gasteiger partial charge < -0.3 is 9.80 Å². The van der Waals surface area contributed by atoms with Gasteiger partial charge in [-0.25, -0.2) is 14.6 Å². The predicted molar refractivity (Wildman–Crippen MR) is 89.3 cm³/mol. The van der Waals surface area contributed by atoms with Gasteiger partial charge >= 0.3 is 0 Å². The van der Waals surface area contributed by atoms with E-state index < -0.39 is 0 Å². The quantitative estimate of drug-likeness (QED) is 0.684. The van der Waals surface area contributed by atoms with Crippen molar-refractivity contribution in [3.63, 3.8) is 0 Å². The molecule has 0 radical (unpaired) electrons. The summed E-state index contributed by atoms with van der Waals surface area (Å²) in [4.78, 5) is 25.2. The summed E-state index contributed by atoms with van der Waals surface area (Å²) < 4.78 is 1.53. The molecule has 3 aromatic rings. The minimum Gasteiger partial charge on any atom is -0.337 e. The second-order valence-corrected chi connectivity index (χ2v) is 5.63. The molecule has 3 heterocycles. The zero-order valence-corrected chi connectivity index (χ0v) is 13.4. The van der Waals surface area contributed by atoms with Crippen molar-refractivity contribution in [1.29, 1.82) is 0 Å². The normalized spacial score (nSPS) is 14.6. The van der Waals surface area contributed by atoms with E-state index in [0.717, 1.165) is 5.69 Å². The summed E-state index contributed by atoms with van der Waals surface area (Å²) >= 11 is 0. The molecule has 0 aliphatic carbocycles. The van der Waals surface area contributed by atoms with Crippen LogP contribution in [-0.2, 0) is 0 Å². The lowest BCUT2D eigenvalue weighted by Gasteiger charge is -2.34. The highest BCUT2D eigenvalue weighted by Crippen LogP contribution is 2.15. The van der Waals surface area contributed by atoms with Crippen molar-refractivity contribution in [3.05, 3.63) is 54.6 Å². The molecule has 1 saturated heterocycles. The number of nitrogens with zero attached hydrogens (tertiary/aromatic N) is 8. The SMILES string of the molecule is O=C(c1cccc(-n2cnnn2)c1)N1CCN(c2ncccn2)CC1. The first-order chi connectivity index (χ1) is 12.3. The molecule has 1 fully saturated rings. The fourth-order valence-electron chi connectivity index (χ4n) is 2.81. The Labute approximate surface area is 143 Å². The van der Waals surface area contributed by atoms with Crippen molar-refractivity contribution < 1.29 is 4.79 Å². The minimum absolute atomic E-state index is 0.00329. The fraction of sp³-hybridized carbons (Fsp3) is 0.250. The predicted octanol–water partition coefficient (Wildman–Crippen LogP) is 0.415. The van der Waals surface area contributed by atoms with E-state index in [2.05, 4.69) is 30.4 Å². The van der Waals surface area contributed by atoms with Crippen LogP contribution in [0.25, 0.3) is 5.69 Å². The number of piperazine rings is 1. The largest absolute Gasteiger partial charge is 0.337 e. The summed E-state index contributed by atoms with van der Waals surface area (Å²) in [6.07, 6.45) is 4.96. The van der Waals surface area contributed by atoms with E-state index in [-0.39, 0.29) is 5.91 Å². The molecule has 1 aromatic carbocycles. The zero-order valence-electron chi connectivity index (χ0n) is 13.4. The van der Waals surface area contributed by atoms with Gasteiger partial charge in [-0.3, -0.25) is 4.79 Å². The van der Waals surface area contributed by atoms with Gasteiger partial charge in [-0.05, 0) is 34.7 Å². The van der Waals surface area contributed by atoms with Crippen molar-refractivity contribution in [1.82, 2.24) is 35.1 Å². The van der Waals surface area contributed by atoms with Crippen molar-refractivity contribution in [3.8, 4) is 5.69 Å². The van der Waals surface area contributed by atoms with Gasteiger partial charge in [0.2, 0.25) is 5.95 Å². The Hall–Kier alpha value is -3.36. The second-order valence-electron chi connectivity index (χ2n) is 5.63. The van der Waals surface area contributed by atoms with Gasteiger partial charge in [0.25, 0.3) is 5.91 Å². The van der Waals surface area contributed by atoms with E-state index in [1.54, 1.807) is 24.5 Å². The van der Waals surface area contributed by atoms with Gasteiger partial charge in [0.05, 0.1) is 5.69 Å². The average Bonchev–Trinajstić information content (AvgIpc) is 3.23. The molecular formula is C16H16N8O. The smallest absolute Gasteiger partial charge is 0.254 e. The lowest BCUT2D eigenvalue weighted by molar-refractivity contribution is 0.0746. The highest BCUT2D eigenvalue weighted by molar-refractivity contribution is 5.94. The monoisotopic (exact) mass is 336 g/mol. The van der Waals surface area contributed by atoms with Crippen LogP contribution in [0.1, 0.15) is 10.4 Å². The number of benzene rings is 1. The molecular weight excluding hydrogens is 320 g/mol. The molecule has 1 aliphatic rings. The Kier molecular flexibility index (Phi) is 4.03. The molecule has 9 heteroatoms. The molecule has 0 bridgehead atoms. The third kappa shape index (κ3) is 3.16. The molecule has 4 rings (SSSR count). The Morgan fingerprint density at radius 3 is 2.52 bits per heavy atom. The molecule has 2 aromatic heterocycles. The molecule has 1 amide bonds. The van der Waals surface area contributed by atoms with Crippen LogP contribution in [0.15, 0.2) is 49.1 Å². The average molecular weight is 336 g/mol. The summed E-state index contributed by atoms with van der Waals surface area (Å²) in [5.41, 5.74) is 1.38. The van der Waals surface area contributed by atoms with E-state index in [0.29, 0.717) is 37.7 Å². The van der Waals surface area contributed by atoms with Crippen molar-refractivity contribution in [2.24, 2.45) is 0 Å². The summed E-state index contributed by atoms with van der Waals surface area (Å²) in [5.74, 6) is 0.707. The molecule has 0 N–H and O–H groups in total. The fourth-order valence-corrected chi connectivity index (χ4v) is 2.81. The zero-order chi connectivity index (χ0) is 17.1. The van der Waals surface area contributed by atoms with E-state index in [9.17, 15) is 4.79 Å². The molecule has 0 spiro atoms. The summed E-state index contributed by atoms with van der Waals surface area (Å²) in [7, 11) is 0. The number of hydrogen-bond donors (Lipinski definition) is 0. The van der Waals surface area contributed by atoms with Gasteiger partial charge in [0, 0.05) is 44.1 Å². The third-order valence-electron chi connectivity index (χ3n) is 4.11. The summed E-state index contributed by atoms with van der Waals surface area (Å²) in [5, 5.41) is 11.1. The van der Waals surface area contributed by atoms with Gasteiger partial charge in [-0.2, -0.15) is 0 Å². The standard InChI is InChI=1S/C16H16N8O/c25-15(13-3-1-4-14(11-13)24-12-19-20-21-24)22-7-9-23(10-8-22)16-17-5-2-6-18-16/h1-6,11-12H,7-10H2. The van der Waals surface area contributed by atoms with Gasteiger partial charge in [0.1, 0.15) is 6.33 Å². The maximum absolute atomic E-state index is 12.8. The molecule has 0 atom stereocenters. The van der Waals surface area contributed by atoms with E-state index in [1.807, 2.05) is 23.1 Å². The van der Waals surface area contributed by atoms with Crippen molar-refractivity contribution in [2.45, 2.75) is 0 Å². The van der Waals surface area contributed by atoms with Gasteiger partial charge in [0.15, 0.2) is 0 Å². The molecule has 25 heavy (non-hydrogen) atoms. The lowest BCUT2D eigenvalue weighted by atomic mass is 10.1. The number of tetrazole rings is 1. The first-order valence-electron chi connectivity index (χ1n) is 7.96. The van der Waals surface area contributed by atoms with Crippen molar-refractivity contribution >= 4 is 11.9 Å². The Morgan fingerprint density at radius 1 is 1.00 bits per heavy atom. The van der Waals surface area contributed by atoms with E-state index >= 15 is 0 Å². The number of hydrogen-bond acceptors (Lipinski definition) is 7. The van der Waals surface area contributed by atoms with Crippen molar-refractivity contribution in [2.75, 3.05) is 31.1 Å². The summed E-state index contributed by atoms with van der Waals surface area (Å²) in [6.45, 7) is 2.68. The molecule has 0 saturated carbocycles. The molecule has 0 unspecified atom stereocenters. The number of anilines is 1. The first kappa shape index (κ1) is 15.2. The number of amides is 1. The van der Waals surface area contributed by atoms with Gasteiger partial charge in [-0.15, -0.1) is 5.10 Å². The maximum atomic E-state index is 12.8. The van der Waals surface area contributed by atoms with Crippen LogP contribution in [0.3, 0.4) is 0 Å². The Bertz CT molecular complexity index is 844. The van der Waals surface area contributed by atoms with Crippen LogP contribution in [-0.4, -0.2) is 67.2 Å². The maximum Gasteiger partial charge on any atom is 0.254 e. The number of carbonyl (C=O) groups excluding carboxylic acids is 1. The molecule has 126 valence electrons. The second kappa shape index (κ2) is 6.63.